The summed E-state index contributed by atoms with van der Waals surface area (Å²) in [5, 5.41) is 9.57. The molecule has 0 radical (unpaired) electrons. The van der Waals surface area contributed by atoms with Gasteiger partial charge in [0.15, 0.2) is 0 Å². The summed E-state index contributed by atoms with van der Waals surface area (Å²) in [7, 11) is 0. The lowest BCUT2D eigenvalue weighted by atomic mass is 9.77. The Balaban J connectivity index is 2.18. The zero-order chi connectivity index (χ0) is 9.26. The minimum Gasteiger partial charge on any atom is -0.508 e. The smallest absolute Gasteiger partial charge is 0.120 e. The zero-order valence-electron chi connectivity index (χ0n) is 7.61. The molecule has 0 aliphatic heterocycles. The van der Waals surface area contributed by atoms with Crippen molar-refractivity contribution in [3.05, 3.63) is 29.8 Å². The number of nitrogens with two attached hydrogens (primary N) is 1. The number of para-hydroxylation sites is 1. The van der Waals surface area contributed by atoms with Crippen LogP contribution in [-0.2, 0) is 0 Å². The normalized spacial score (nSPS) is 19.5. The maximum atomic E-state index is 9.57. The van der Waals surface area contributed by atoms with Gasteiger partial charge in [-0.05, 0) is 24.8 Å². The first kappa shape index (κ1) is 8.57. The van der Waals surface area contributed by atoms with Crippen LogP contribution in [0.1, 0.15) is 30.9 Å². The lowest BCUT2D eigenvalue weighted by Crippen LogP contribution is -2.26. The average molecular weight is 177 g/mol. The predicted molar refractivity (Wildman–Crippen MR) is 52.4 cm³/mol. The summed E-state index contributed by atoms with van der Waals surface area (Å²) in [4.78, 5) is 0. The number of phenolic OH excluding ortho intramolecular Hbond substituents is 1. The summed E-state index contributed by atoms with van der Waals surface area (Å²) >= 11 is 0. The highest BCUT2D eigenvalue weighted by Gasteiger charge is 2.26. The van der Waals surface area contributed by atoms with Crippen LogP contribution in [0.4, 0.5) is 0 Å². The van der Waals surface area contributed by atoms with E-state index in [0.717, 1.165) is 5.56 Å². The summed E-state index contributed by atoms with van der Waals surface area (Å²) in [6, 6.07) is 7.39. The average Bonchev–Trinajstić information content (AvgIpc) is 2.01. The van der Waals surface area contributed by atoms with Gasteiger partial charge >= 0.3 is 0 Å². The molecule has 1 aliphatic rings. The van der Waals surface area contributed by atoms with Gasteiger partial charge in [-0.2, -0.15) is 0 Å². The summed E-state index contributed by atoms with van der Waals surface area (Å²) in [6.45, 7) is 0. The van der Waals surface area contributed by atoms with Crippen LogP contribution in [0.2, 0.25) is 0 Å². The first-order valence-electron chi connectivity index (χ1n) is 4.82. The van der Waals surface area contributed by atoms with Gasteiger partial charge in [-0.1, -0.05) is 24.6 Å². The molecule has 0 amide bonds. The molecule has 1 unspecified atom stereocenters. The predicted octanol–water partition coefficient (Wildman–Crippen LogP) is 2.19. The molecule has 3 N–H and O–H groups in total. The molecule has 0 spiro atoms. The standard InChI is InChI=1S/C11H15NO/c12-11(8-4-3-5-8)9-6-1-2-7-10(9)13/h1-2,6-8,11,13H,3-5,12H2. The van der Waals surface area contributed by atoms with Crippen molar-refractivity contribution in [1.82, 2.24) is 0 Å². The maximum Gasteiger partial charge on any atom is 0.120 e. The Morgan fingerprint density at radius 1 is 1.31 bits per heavy atom. The van der Waals surface area contributed by atoms with Crippen LogP contribution in [0.5, 0.6) is 5.75 Å². The summed E-state index contributed by atoms with van der Waals surface area (Å²) in [5.74, 6) is 0.912. The quantitative estimate of drug-likeness (QED) is 0.727. The van der Waals surface area contributed by atoms with Gasteiger partial charge in [0, 0.05) is 11.6 Å². The second-order valence-corrected chi connectivity index (χ2v) is 3.78. The molecule has 1 aromatic rings. The van der Waals surface area contributed by atoms with Crippen LogP contribution in [0, 0.1) is 5.92 Å². The molecule has 1 aromatic carbocycles. The van der Waals surface area contributed by atoms with Crippen molar-refractivity contribution in [2.75, 3.05) is 0 Å². The molecule has 0 bridgehead atoms. The van der Waals surface area contributed by atoms with Crippen molar-refractivity contribution < 1.29 is 5.11 Å². The minimum absolute atomic E-state index is 0.0231. The molecular weight excluding hydrogens is 162 g/mol. The third-order valence-electron chi connectivity index (χ3n) is 2.95. The van der Waals surface area contributed by atoms with Crippen LogP contribution >= 0.6 is 0 Å². The summed E-state index contributed by atoms with van der Waals surface area (Å²) < 4.78 is 0. The number of hydrogen-bond acceptors (Lipinski definition) is 2. The van der Waals surface area contributed by atoms with Crippen LogP contribution < -0.4 is 5.73 Å². The fourth-order valence-corrected chi connectivity index (χ4v) is 1.82. The zero-order valence-corrected chi connectivity index (χ0v) is 7.61. The van der Waals surface area contributed by atoms with Gasteiger partial charge in [0.25, 0.3) is 0 Å². The van der Waals surface area contributed by atoms with Gasteiger partial charge in [0.05, 0.1) is 0 Å². The number of rotatable bonds is 2. The highest BCUT2D eigenvalue weighted by atomic mass is 16.3. The molecule has 1 fully saturated rings. The fourth-order valence-electron chi connectivity index (χ4n) is 1.82. The molecule has 2 nitrogen and oxygen atoms in total. The van der Waals surface area contributed by atoms with Crippen molar-refractivity contribution in [2.24, 2.45) is 11.7 Å². The highest BCUT2D eigenvalue weighted by molar-refractivity contribution is 5.34. The Bertz CT molecular complexity index is 294. The van der Waals surface area contributed by atoms with Gasteiger partial charge in [-0.25, -0.2) is 0 Å². The van der Waals surface area contributed by atoms with Crippen LogP contribution in [0.15, 0.2) is 24.3 Å². The summed E-state index contributed by atoms with van der Waals surface area (Å²) in [5.41, 5.74) is 6.94. The van der Waals surface area contributed by atoms with Crippen molar-refractivity contribution in [3.63, 3.8) is 0 Å². The number of phenols is 1. The van der Waals surface area contributed by atoms with E-state index in [-0.39, 0.29) is 6.04 Å². The number of aromatic hydroxyl groups is 1. The van der Waals surface area contributed by atoms with E-state index in [1.807, 2.05) is 18.2 Å². The topological polar surface area (TPSA) is 46.2 Å². The van der Waals surface area contributed by atoms with Gasteiger partial charge in [0.2, 0.25) is 0 Å². The van der Waals surface area contributed by atoms with Gasteiger partial charge < -0.3 is 10.8 Å². The van der Waals surface area contributed by atoms with Gasteiger partial charge in [0.1, 0.15) is 5.75 Å². The van der Waals surface area contributed by atoms with Crippen LogP contribution in [-0.4, -0.2) is 5.11 Å². The molecule has 1 aliphatic carbocycles. The van der Waals surface area contributed by atoms with E-state index in [9.17, 15) is 5.11 Å². The molecule has 70 valence electrons. The Labute approximate surface area is 78.4 Å². The second-order valence-electron chi connectivity index (χ2n) is 3.78. The first-order valence-corrected chi connectivity index (χ1v) is 4.82. The molecule has 2 rings (SSSR count). The van der Waals surface area contributed by atoms with E-state index in [2.05, 4.69) is 0 Å². The maximum absolute atomic E-state index is 9.57. The van der Waals surface area contributed by atoms with E-state index >= 15 is 0 Å². The van der Waals surface area contributed by atoms with Crippen LogP contribution in [0.3, 0.4) is 0 Å². The minimum atomic E-state index is 0.0231. The van der Waals surface area contributed by atoms with E-state index in [1.165, 1.54) is 19.3 Å². The first-order chi connectivity index (χ1) is 6.29. The number of benzene rings is 1. The lowest BCUT2D eigenvalue weighted by Gasteiger charge is -2.31. The Morgan fingerprint density at radius 3 is 2.54 bits per heavy atom. The van der Waals surface area contributed by atoms with Crippen molar-refractivity contribution in [2.45, 2.75) is 25.3 Å². The molecule has 1 atom stereocenters. The van der Waals surface area contributed by atoms with Crippen molar-refractivity contribution in [1.29, 1.82) is 0 Å². The molecule has 0 aromatic heterocycles. The van der Waals surface area contributed by atoms with Crippen molar-refractivity contribution >= 4 is 0 Å². The molecule has 1 saturated carbocycles. The van der Waals surface area contributed by atoms with E-state index in [0.29, 0.717) is 11.7 Å². The monoisotopic (exact) mass is 177 g/mol. The highest BCUT2D eigenvalue weighted by Crippen LogP contribution is 2.38. The lowest BCUT2D eigenvalue weighted by molar-refractivity contribution is 0.260. The molecule has 2 heteroatoms. The SMILES string of the molecule is NC(c1ccccc1O)C1CCC1. The summed E-state index contributed by atoms with van der Waals surface area (Å²) in [6.07, 6.45) is 3.69. The largest absolute Gasteiger partial charge is 0.508 e. The Hall–Kier alpha value is -1.02. The number of hydrogen-bond donors (Lipinski definition) is 2. The molecule has 0 saturated heterocycles. The second kappa shape index (κ2) is 3.38. The van der Waals surface area contributed by atoms with E-state index < -0.39 is 0 Å². The molecular formula is C11H15NO. The third-order valence-corrected chi connectivity index (χ3v) is 2.95. The van der Waals surface area contributed by atoms with Crippen LogP contribution in [0.25, 0.3) is 0 Å². The van der Waals surface area contributed by atoms with Gasteiger partial charge in [-0.15, -0.1) is 0 Å². The third kappa shape index (κ3) is 1.54. The Kier molecular flexibility index (Phi) is 2.23. The molecule has 13 heavy (non-hydrogen) atoms. The fraction of sp³-hybridized carbons (Fsp3) is 0.455. The molecule has 0 heterocycles. The Morgan fingerprint density at radius 2 is 2.00 bits per heavy atom. The van der Waals surface area contributed by atoms with E-state index in [4.69, 9.17) is 5.73 Å². The van der Waals surface area contributed by atoms with E-state index in [1.54, 1.807) is 6.07 Å². The van der Waals surface area contributed by atoms with Gasteiger partial charge in [-0.3, -0.25) is 0 Å². The van der Waals surface area contributed by atoms with Crippen molar-refractivity contribution in [3.8, 4) is 5.75 Å².